The van der Waals surface area contributed by atoms with Crippen LogP contribution in [0.4, 0.5) is 0 Å². The Morgan fingerprint density at radius 2 is 0.607 bits per heavy atom. The Morgan fingerprint density at radius 3 is 0.643 bits per heavy atom. The van der Waals surface area contributed by atoms with Crippen LogP contribution in [-0.2, 0) is 62.6 Å². The molecule has 28 heavy (non-hydrogen) atoms. The zero-order valence-electron chi connectivity index (χ0n) is 14.9. The van der Waals surface area contributed by atoms with E-state index >= 15 is 0 Å². The third-order valence-electron chi connectivity index (χ3n) is 1.91. The molecule has 0 amide bonds. The molecule has 156 valence electrons. The monoisotopic (exact) mass is 490 g/mol. The van der Waals surface area contributed by atoms with E-state index in [-0.39, 0.29) is 19.5 Å². The van der Waals surface area contributed by atoms with E-state index < -0.39 is 71.9 Å². The van der Waals surface area contributed by atoms with Crippen LogP contribution in [0.2, 0.25) is 0 Å². The second-order valence-electron chi connectivity index (χ2n) is 4.77. The molecule has 0 saturated heterocycles. The minimum Gasteiger partial charge on any atom is -0.542 e. The van der Waals surface area contributed by atoms with Gasteiger partial charge in [-0.3, -0.25) is 28.8 Å². The fourth-order valence-corrected chi connectivity index (χ4v) is 0.895. The van der Waals surface area contributed by atoms with Crippen molar-refractivity contribution in [3.8, 4) is 0 Å². The molecule has 0 aromatic rings. The van der Waals surface area contributed by atoms with E-state index in [1.54, 1.807) is 0 Å². The number of hydrogen-bond donors (Lipinski definition) is 0. The summed E-state index contributed by atoms with van der Waals surface area (Å²) in [5.41, 5.74) is 0. The van der Waals surface area contributed by atoms with Crippen molar-refractivity contribution in [1.82, 2.24) is 0 Å². The molecule has 0 aromatic carbocycles. The van der Waals surface area contributed by atoms with Crippen molar-refractivity contribution in [2.75, 3.05) is 0 Å². The summed E-state index contributed by atoms with van der Waals surface area (Å²) >= 11 is 0. The van der Waals surface area contributed by atoms with E-state index in [9.17, 15) is 58.5 Å². The van der Waals surface area contributed by atoms with Gasteiger partial charge in [0.2, 0.25) is 0 Å². The SMILES string of the molecule is CC(=O)CC(=O)C(=O)[O-].CC(=O)CC(=O)C(=O)[O-].CC(=O)CC(=O)C(=O)[O-].[Rh+3]. The second kappa shape index (κ2) is 17.5. The number of carbonyl (C=O) groups excluding carboxylic acids is 9. The average molecular weight is 490 g/mol. The Kier molecular flexibility index (Phi) is 20.4. The molecule has 0 atom stereocenters. The molecule has 0 spiro atoms. The van der Waals surface area contributed by atoms with Gasteiger partial charge >= 0.3 is 19.5 Å². The van der Waals surface area contributed by atoms with Gasteiger partial charge in [0.25, 0.3) is 0 Å². The van der Waals surface area contributed by atoms with Crippen molar-refractivity contribution in [1.29, 1.82) is 0 Å². The molecule has 0 unspecified atom stereocenters. The van der Waals surface area contributed by atoms with Gasteiger partial charge in [-0.05, 0) is 20.8 Å². The third kappa shape index (κ3) is 25.3. The van der Waals surface area contributed by atoms with Crippen LogP contribution in [0.3, 0.4) is 0 Å². The van der Waals surface area contributed by atoms with Gasteiger partial charge in [-0.1, -0.05) is 0 Å². The van der Waals surface area contributed by atoms with E-state index in [0.29, 0.717) is 0 Å². The summed E-state index contributed by atoms with van der Waals surface area (Å²) in [6.07, 6.45) is -1.70. The Morgan fingerprint density at radius 1 is 0.464 bits per heavy atom. The van der Waals surface area contributed by atoms with Gasteiger partial charge in [0.15, 0.2) is 17.3 Å². The summed E-state index contributed by atoms with van der Waals surface area (Å²) in [5, 5.41) is 28.9. The number of aliphatic carboxylic acids is 3. The van der Waals surface area contributed by atoms with Gasteiger partial charge in [-0.2, -0.15) is 0 Å². The minimum absolute atomic E-state index is 0. The normalized spacial score (nSPS) is 8.25. The molecule has 0 heterocycles. The molecular weight excluding hydrogens is 475 g/mol. The zero-order valence-corrected chi connectivity index (χ0v) is 16.5. The fourth-order valence-electron chi connectivity index (χ4n) is 0.895. The Balaban J connectivity index is -0.000000152. The predicted octanol–water partition coefficient (Wildman–Crippen LogP) is -5.15. The van der Waals surface area contributed by atoms with Gasteiger partial charge in [-0.25, -0.2) is 0 Å². The molecule has 13 heteroatoms. The van der Waals surface area contributed by atoms with Gasteiger partial charge in [0.1, 0.15) is 35.3 Å². The first-order valence-corrected chi connectivity index (χ1v) is 6.82. The minimum atomic E-state index is -1.80. The molecule has 12 nitrogen and oxygen atoms in total. The number of rotatable bonds is 9. The fraction of sp³-hybridized carbons (Fsp3) is 0.400. The molecule has 0 aliphatic rings. The first-order chi connectivity index (χ1) is 12.1. The summed E-state index contributed by atoms with van der Waals surface area (Å²) in [6, 6.07) is 0. The van der Waals surface area contributed by atoms with E-state index in [1.807, 2.05) is 0 Å². The van der Waals surface area contributed by atoms with Crippen LogP contribution in [0, 0.1) is 0 Å². The maximum absolute atomic E-state index is 10.1. The van der Waals surface area contributed by atoms with Crippen molar-refractivity contribution < 1.29 is 77.9 Å². The molecule has 0 fully saturated rings. The zero-order chi connectivity index (χ0) is 22.3. The number of ketones is 6. The van der Waals surface area contributed by atoms with Crippen molar-refractivity contribution in [3.05, 3.63) is 0 Å². The molecule has 0 aromatic heterocycles. The smallest absolute Gasteiger partial charge is 0.542 e. The van der Waals surface area contributed by atoms with Crippen LogP contribution in [0.25, 0.3) is 0 Å². The van der Waals surface area contributed by atoms with E-state index in [1.165, 1.54) is 0 Å². The molecule has 0 radical (unpaired) electrons. The van der Waals surface area contributed by atoms with Gasteiger partial charge in [0.05, 0.1) is 19.3 Å². The third-order valence-corrected chi connectivity index (χ3v) is 1.91. The van der Waals surface area contributed by atoms with Gasteiger partial charge in [-0.15, -0.1) is 0 Å². The largest absolute Gasteiger partial charge is 3.00 e. The van der Waals surface area contributed by atoms with Gasteiger partial charge in [0, 0.05) is 0 Å². The number of carboxylic acid groups (broad SMARTS) is 3. The van der Waals surface area contributed by atoms with Crippen LogP contribution in [0.15, 0.2) is 0 Å². The van der Waals surface area contributed by atoms with E-state index in [0.717, 1.165) is 20.8 Å². The summed E-state index contributed by atoms with van der Waals surface area (Å²) in [4.78, 5) is 89.2. The second-order valence-corrected chi connectivity index (χ2v) is 4.77. The van der Waals surface area contributed by atoms with Crippen LogP contribution in [0.1, 0.15) is 40.0 Å². The quantitative estimate of drug-likeness (QED) is 0.168. The summed E-state index contributed by atoms with van der Waals surface area (Å²) < 4.78 is 0. The maximum atomic E-state index is 10.1. The first kappa shape index (κ1) is 32.7. The van der Waals surface area contributed by atoms with Gasteiger partial charge < -0.3 is 29.7 Å². The van der Waals surface area contributed by atoms with E-state index in [4.69, 9.17) is 0 Å². The molecule has 0 aliphatic carbocycles. The van der Waals surface area contributed by atoms with Crippen molar-refractivity contribution in [2.45, 2.75) is 40.0 Å². The molecule has 0 saturated carbocycles. The van der Waals surface area contributed by atoms with Crippen LogP contribution < -0.4 is 15.3 Å². The topological polar surface area (TPSA) is 223 Å². The molecule has 0 bridgehead atoms. The average Bonchev–Trinajstić information content (AvgIpc) is 2.46. The van der Waals surface area contributed by atoms with Crippen molar-refractivity contribution >= 4 is 52.6 Å². The first-order valence-electron chi connectivity index (χ1n) is 6.82. The molecule has 0 aliphatic heterocycles. The number of carboxylic acids is 3. The maximum Gasteiger partial charge on any atom is 3.00 e. The summed E-state index contributed by atoms with van der Waals surface area (Å²) in [6.45, 7) is 3.42. The number of hydrogen-bond acceptors (Lipinski definition) is 12. The van der Waals surface area contributed by atoms with E-state index in [2.05, 4.69) is 0 Å². The standard InChI is InChI=1S/3C5H6O4.Rh/c3*1-3(6)2-4(7)5(8)9;/h3*2H2,1H3,(H,8,9);/q;;;+3/p-3. The number of carbonyl (C=O) groups is 9. The Labute approximate surface area is 171 Å². The predicted molar refractivity (Wildman–Crippen MR) is 75.9 cm³/mol. The Bertz CT molecular complexity index is 572. The van der Waals surface area contributed by atoms with Crippen LogP contribution >= 0.6 is 0 Å². The van der Waals surface area contributed by atoms with Crippen molar-refractivity contribution in [3.63, 3.8) is 0 Å². The Hall–Kier alpha value is -2.95. The molecule has 0 rings (SSSR count). The molecule has 0 N–H and O–H groups in total. The molecular formula is C15H15O12Rh. The van der Waals surface area contributed by atoms with Crippen molar-refractivity contribution in [2.24, 2.45) is 0 Å². The summed E-state index contributed by atoms with van der Waals surface area (Å²) in [5.74, 6) is -10.3. The summed E-state index contributed by atoms with van der Waals surface area (Å²) in [7, 11) is 0. The number of Topliss-reactive ketones (excluding diaryl/α,β-unsaturated/α-hetero) is 6. The van der Waals surface area contributed by atoms with Crippen LogP contribution in [-0.4, -0.2) is 52.6 Å². The van der Waals surface area contributed by atoms with Crippen LogP contribution in [0.5, 0.6) is 0 Å².